The fourth-order valence-electron chi connectivity index (χ4n) is 2.54. The van der Waals surface area contributed by atoms with Crippen LogP contribution in [0.5, 0.6) is 0 Å². The van der Waals surface area contributed by atoms with Gasteiger partial charge in [-0.3, -0.25) is 4.79 Å². The van der Waals surface area contributed by atoms with Crippen LogP contribution in [0.4, 0.5) is 0 Å². The molecule has 1 aromatic rings. The van der Waals surface area contributed by atoms with Gasteiger partial charge < -0.3 is 14.7 Å². The summed E-state index contributed by atoms with van der Waals surface area (Å²) in [5.41, 5.74) is 1.89. The number of hydrogen-bond donors (Lipinski definition) is 1. The molecule has 5 heteroatoms. The molecule has 0 atom stereocenters. The van der Waals surface area contributed by atoms with Gasteiger partial charge in [0.1, 0.15) is 0 Å². The van der Waals surface area contributed by atoms with E-state index >= 15 is 0 Å². The van der Waals surface area contributed by atoms with Gasteiger partial charge in [-0.15, -0.1) is 0 Å². The second kappa shape index (κ2) is 7.92. The van der Waals surface area contributed by atoms with Gasteiger partial charge in [0.25, 0.3) is 5.91 Å². The molecule has 1 amide bonds. The van der Waals surface area contributed by atoms with Gasteiger partial charge in [-0.2, -0.15) is 0 Å². The standard InChI is InChI=1S/C18H23NO4/c1-13(2)11-16(18(21)22)12-14-3-5-15(6-4-14)17(20)19-7-9-23-10-8-19/h3-6,11,13H,7-10,12H2,1-2H3,(H,21,22). The highest BCUT2D eigenvalue weighted by Gasteiger charge is 2.18. The number of rotatable bonds is 5. The summed E-state index contributed by atoms with van der Waals surface area (Å²) in [4.78, 5) is 25.4. The summed E-state index contributed by atoms with van der Waals surface area (Å²) in [5.74, 6) is -0.716. The maximum absolute atomic E-state index is 12.4. The lowest BCUT2D eigenvalue weighted by Gasteiger charge is -2.26. The normalized spacial score (nSPS) is 15.8. The Morgan fingerprint density at radius 1 is 1.22 bits per heavy atom. The zero-order valence-corrected chi connectivity index (χ0v) is 13.6. The van der Waals surface area contributed by atoms with Gasteiger partial charge in [0.2, 0.25) is 0 Å². The molecule has 1 fully saturated rings. The van der Waals surface area contributed by atoms with Crippen molar-refractivity contribution in [1.29, 1.82) is 0 Å². The molecule has 0 radical (unpaired) electrons. The molecule has 124 valence electrons. The van der Waals surface area contributed by atoms with Gasteiger partial charge in [0, 0.05) is 30.6 Å². The summed E-state index contributed by atoms with van der Waals surface area (Å²) in [6.07, 6.45) is 2.12. The lowest BCUT2D eigenvalue weighted by atomic mass is 10.0. The SMILES string of the molecule is CC(C)C=C(Cc1ccc(C(=O)N2CCOCC2)cc1)C(=O)O. The lowest BCUT2D eigenvalue weighted by molar-refractivity contribution is -0.132. The Kier molecular flexibility index (Phi) is 5.93. The third-order valence-electron chi connectivity index (χ3n) is 3.70. The zero-order chi connectivity index (χ0) is 16.8. The summed E-state index contributed by atoms with van der Waals surface area (Å²) in [6, 6.07) is 7.18. The van der Waals surface area contributed by atoms with E-state index in [0.717, 1.165) is 5.56 Å². The maximum Gasteiger partial charge on any atom is 0.331 e. The summed E-state index contributed by atoms with van der Waals surface area (Å²) >= 11 is 0. The van der Waals surface area contributed by atoms with Crippen molar-refractivity contribution in [3.05, 3.63) is 47.0 Å². The largest absolute Gasteiger partial charge is 0.478 e. The quantitative estimate of drug-likeness (QED) is 0.847. The predicted molar refractivity (Wildman–Crippen MR) is 87.4 cm³/mol. The van der Waals surface area contributed by atoms with Gasteiger partial charge in [0.15, 0.2) is 0 Å². The maximum atomic E-state index is 12.4. The molecule has 23 heavy (non-hydrogen) atoms. The van der Waals surface area contributed by atoms with Crippen molar-refractivity contribution in [3.63, 3.8) is 0 Å². The summed E-state index contributed by atoms with van der Waals surface area (Å²) in [7, 11) is 0. The Morgan fingerprint density at radius 2 is 1.83 bits per heavy atom. The number of amides is 1. The predicted octanol–water partition coefficient (Wildman–Crippen LogP) is 2.37. The first-order chi connectivity index (χ1) is 11.0. The second-order valence-corrected chi connectivity index (χ2v) is 6.02. The van der Waals surface area contributed by atoms with E-state index in [1.54, 1.807) is 23.1 Å². The number of carboxylic acids is 1. The van der Waals surface area contributed by atoms with E-state index in [1.807, 2.05) is 26.0 Å². The Balaban J connectivity index is 2.06. The molecule has 0 saturated carbocycles. The smallest absolute Gasteiger partial charge is 0.331 e. The van der Waals surface area contributed by atoms with Crippen LogP contribution in [0.1, 0.15) is 29.8 Å². The van der Waals surface area contributed by atoms with Gasteiger partial charge in [0.05, 0.1) is 13.2 Å². The fraction of sp³-hybridized carbons (Fsp3) is 0.444. The number of hydrogen-bond acceptors (Lipinski definition) is 3. The van der Waals surface area contributed by atoms with Crippen LogP contribution in [-0.4, -0.2) is 48.2 Å². The Morgan fingerprint density at radius 3 is 2.35 bits per heavy atom. The number of allylic oxidation sites excluding steroid dienone is 1. The average molecular weight is 317 g/mol. The molecular weight excluding hydrogens is 294 g/mol. The van der Waals surface area contributed by atoms with Crippen molar-refractivity contribution in [3.8, 4) is 0 Å². The summed E-state index contributed by atoms with van der Waals surface area (Å²) in [6.45, 7) is 6.28. The van der Waals surface area contributed by atoms with E-state index in [-0.39, 0.29) is 11.8 Å². The van der Waals surface area contributed by atoms with Crippen LogP contribution >= 0.6 is 0 Å². The Bertz CT molecular complexity index is 584. The van der Waals surface area contributed by atoms with Gasteiger partial charge in [-0.05, 0) is 23.6 Å². The molecule has 1 aromatic carbocycles. The molecule has 1 saturated heterocycles. The van der Waals surface area contributed by atoms with Crippen LogP contribution < -0.4 is 0 Å². The van der Waals surface area contributed by atoms with E-state index in [9.17, 15) is 14.7 Å². The van der Waals surface area contributed by atoms with Crippen LogP contribution in [0, 0.1) is 5.92 Å². The van der Waals surface area contributed by atoms with Gasteiger partial charge in [-0.1, -0.05) is 32.1 Å². The number of ether oxygens (including phenoxy) is 1. The number of carbonyl (C=O) groups excluding carboxylic acids is 1. The number of benzene rings is 1. The van der Waals surface area contributed by atoms with E-state index < -0.39 is 5.97 Å². The Hall–Kier alpha value is -2.14. The van der Waals surface area contributed by atoms with Crippen molar-refractivity contribution in [1.82, 2.24) is 4.90 Å². The lowest BCUT2D eigenvalue weighted by Crippen LogP contribution is -2.40. The molecule has 5 nitrogen and oxygen atoms in total. The summed E-state index contributed by atoms with van der Waals surface area (Å²) < 4.78 is 5.25. The van der Waals surface area contributed by atoms with Crippen molar-refractivity contribution < 1.29 is 19.4 Å². The van der Waals surface area contributed by atoms with Gasteiger partial charge in [-0.25, -0.2) is 4.79 Å². The first-order valence-electron chi connectivity index (χ1n) is 7.87. The van der Waals surface area contributed by atoms with Gasteiger partial charge >= 0.3 is 5.97 Å². The Labute approximate surface area is 136 Å². The molecule has 0 aromatic heterocycles. The molecule has 0 unspecified atom stereocenters. The number of carboxylic acid groups (broad SMARTS) is 1. The highest BCUT2D eigenvalue weighted by Crippen LogP contribution is 2.14. The zero-order valence-electron chi connectivity index (χ0n) is 13.6. The minimum Gasteiger partial charge on any atom is -0.478 e. The number of nitrogens with zero attached hydrogens (tertiary/aromatic N) is 1. The van der Waals surface area contributed by atoms with Crippen LogP contribution in [0.25, 0.3) is 0 Å². The minimum absolute atomic E-state index is 0.00368. The first kappa shape index (κ1) is 17.2. The molecular formula is C18H23NO4. The fourth-order valence-corrected chi connectivity index (χ4v) is 2.54. The van der Waals surface area contributed by atoms with E-state index in [1.165, 1.54) is 0 Å². The molecule has 1 aliphatic heterocycles. The number of aliphatic carboxylic acids is 1. The highest BCUT2D eigenvalue weighted by atomic mass is 16.5. The van der Waals surface area contributed by atoms with E-state index in [2.05, 4.69) is 0 Å². The average Bonchev–Trinajstić information content (AvgIpc) is 2.54. The molecule has 2 rings (SSSR count). The van der Waals surface area contributed by atoms with Crippen molar-refractivity contribution in [2.24, 2.45) is 5.92 Å². The molecule has 0 bridgehead atoms. The third-order valence-corrected chi connectivity index (χ3v) is 3.70. The summed E-state index contributed by atoms with van der Waals surface area (Å²) in [5, 5.41) is 9.26. The van der Waals surface area contributed by atoms with Crippen LogP contribution in [0.15, 0.2) is 35.9 Å². The first-order valence-corrected chi connectivity index (χ1v) is 7.87. The monoisotopic (exact) mass is 317 g/mol. The number of morpholine rings is 1. The molecule has 0 aliphatic carbocycles. The van der Waals surface area contributed by atoms with E-state index in [4.69, 9.17) is 4.74 Å². The van der Waals surface area contributed by atoms with Crippen LogP contribution in [0.2, 0.25) is 0 Å². The molecule has 1 aliphatic rings. The van der Waals surface area contributed by atoms with E-state index in [0.29, 0.717) is 43.9 Å². The molecule has 0 spiro atoms. The van der Waals surface area contributed by atoms with Crippen molar-refractivity contribution in [2.75, 3.05) is 26.3 Å². The van der Waals surface area contributed by atoms with Crippen LogP contribution in [0.3, 0.4) is 0 Å². The number of carbonyl (C=O) groups is 2. The molecule has 1 N–H and O–H groups in total. The minimum atomic E-state index is -0.896. The third kappa shape index (κ3) is 4.93. The van der Waals surface area contributed by atoms with Crippen molar-refractivity contribution in [2.45, 2.75) is 20.3 Å². The molecule has 1 heterocycles. The second-order valence-electron chi connectivity index (χ2n) is 6.02. The highest BCUT2D eigenvalue weighted by molar-refractivity contribution is 5.94. The van der Waals surface area contributed by atoms with Crippen molar-refractivity contribution >= 4 is 11.9 Å². The van der Waals surface area contributed by atoms with Crippen LogP contribution in [-0.2, 0) is 16.0 Å². The topological polar surface area (TPSA) is 66.8 Å².